The van der Waals surface area contributed by atoms with E-state index in [1.165, 1.54) is 17.1 Å². The van der Waals surface area contributed by atoms with Crippen LogP contribution >= 0.6 is 0 Å². The fourth-order valence-electron chi connectivity index (χ4n) is 10.7. The molecule has 0 radical (unpaired) electrons. The van der Waals surface area contributed by atoms with E-state index in [-0.39, 0.29) is 69.1 Å². The van der Waals surface area contributed by atoms with E-state index in [9.17, 15) is 38.7 Å². The van der Waals surface area contributed by atoms with Crippen LogP contribution in [0.5, 0.6) is 11.6 Å². The number of carboxylic acid groups (broad SMARTS) is 1. The third kappa shape index (κ3) is 15.8. The molecule has 2 bridgehead atoms. The fraction of sp³-hybridized carbons (Fsp3) is 0.458. The quantitative estimate of drug-likeness (QED) is 0.0104. The van der Waals surface area contributed by atoms with Gasteiger partial charge in [-0.25, -0.2) is 24.2 Å². The van der Waals surface area contributed by atoms with E-state index in [4.69, 9.17) is 28.4 Å². The SMILES string of the molecule is C=CCOC(=O)NCCCC[C@H](NC(=O)C1(C(=O)OCC)CCC1)C(=O)Nc1ccc(COC(=O)Nc2nnc(-c3ccccc3OC(=O)OCC=C)cc2N2CC3CCC(C2)N3c2ccnc(OCCN3CCN(C(=O)O)CC3C)c2)cc1. The molecule has 5 amide bonds. The Hall–Kier alpha value is -9.00. The number of para-hydroxylation sites is 1. The molecule has 84 heavy (non-hydrogen) atoms. The number of piperazine rings is 2. The van der Waals surface area contributed by atoms with E-state index in [1.54, 1.807) is 67.7 Å². The Labute approximate surface area is 487 Å². The van der Waals surface area contributed by atoms with E-state index < -0.39 is 53.7 Å². The summed E-state index contributed by atoms with van der Waals surface area (Å²) in [7, 11) is 0. The van der Waals surface area contributed by atoms with Gasteiger partial charge in [0.25, 0.3) is 0 Å². The number of rotatable bonds is 26. The Balaban J connectivity index is 0.925. The van der Waals surface area contributed by atoms with Crippen LogP contribution in [0.15, 0.2) is 98.2 Å². The van der Waals surface area contributed by atoms with Crippen molar-refractivity contribution in [3.63, 3.8) is 0 Å². The van der Waals surface area contributed by atoms with Gasteiger partial charge >= 0.3 is 30.4 Å². The van der Waals surface area contributed by atoms with Crippen molar-refractivity contribution in [2.45, 2.75) is 96.0 Å². The van der Waals surface area contributed by atoms with Crippen molar-refractivity contribution in [1.29, 1.82) is 0 Å². The number of aromatic nitrogens is 3. The molecule has 448 valence electrons. The molecule has 5 N–H and O–H groups in total. The zero-order chi connectivity index (χ0) is 59.6. The largest absolute Gasteiger partial charge is 0.514 e. The summed E-state index contributed by atoms with van der Waals surface area (Å²) in [6, 6.07) is 18.2. The maximum Gasteiger partial charge on any atom is 0.514 e. The number of nitrogens with one attached hydrogen (secondary N) is 4. The minimum Gasteiger partial charge on any atom is -0.476 e. The monoisotopic (exact) mass is 1160 g/mol. The van der Waals surface area contributed by atoms with Crippen molar-refractivity contribution in [3.8, 4) is 22.9 Å². The first-order valence-corrected chi connectivity index (χ1v) is 28.3. The highest BCUT2D eigenvalue weighted by atomic mass is 16.7. The van der Waals surface area contributed by atoms with Crippen LogP contribution in [-0.4, -0.2) is 169 Å². The van der Waals surface area contributed by atoms with Crippen LogP contribution in [0.2, 0.25) is 0 Å². The van der Waals surface area contributed by atoms with E-state index in [2.05, 4.69) is 64.3 Å². The predicted molar refractivity (Wildman–Crippen MR) is 309 cm³/mol. The fourth-order valence-corrected chi connectivity index (χ4v) is 10.7. The number of esters is 1. The van der Waals surface area contributed by atoms with E-state index in [0.717, 1.165) is 18.5 Å². The molecule has 3 unspecified atom stereocenters. The molecule has 3 aliphatic heterocycles. The normalized spacial score (nSPS) is 18.2. The Morgan fingerprint density at radius 3 is 2.30 bits per heavy atom. The third-order valence-electron chi connectivity index (χ3n) is 15.2. The highest BCUT2D eigenvalue weighted by Gasteiger charge is 2.53. The van der Waals surface area contributed by atoms with Crippen LogP contribution < -0.4 is 40.5 Å². The lowest BCUT2D eigenvalue weighted by molar-refractivity contribution is -0.167. The molecule has 1 saturated carbocycles. The Kier molecular flexibility index (Phi) is 21.3. The summed E-state index contributed by atoms with van der Waals surface area (Å²) in [5.41, 5.74) is 1.92. The maximum atomic E-state index is 13.8. The third-order valence-corrected chi connectivity index (χ3v) is 15.2. The van der Waals surface area contributed by atoms with Crippen LogP contribution in [0.3, 0.4) is 0 Å². The Bertz CT molecular complexity index is 2980. The topological polar surface area (TPSA) is 295 Å². The van der Waals surface area contributed by atoms with Crippen LogP contribution in [0.4, 0.5) is 42.1 Å². The standard InChI is InChI=1S/C59H73N11O14/c1-5-30-81-55(74)61-25-11-10-14-46(63-53(72)59(23-12-24-59)54(73)79-7-3)52(71)62-41-18-16-40(17-19-41)38-83-56(75)64-51-48(34-47(65-66-51)45-13-8-9-15-49(45)84-58(78)82-31-6-2)69-36-43-20-21-44(37-69)70(43)42-22-26-60-50(33-42)80-32-29-67-27-28-68(57(76)77)35-39(67)4/h5-6,8-9,13,15-19,22,26,33-34,39,43-44,46H,1-2,7,10-12,14,20-21,23-25,27-32,35-38H2,3-4H3,(H,61,74)(H,62,71)(H,63,72)(H,76,77)(H,64,66,75)/t39?,43?,44?,46-/m0/s1. The summed E-state index contributed by atoms with van der Waals surface area (Å²) in [5.74, 6) is -0.928. The lowest BCUT2D eigenvalue weighted by atomic mass is 9.68. The number of pyridine rings is 1. The van der Waals surface area contributed by atoms with E-state index >= 15 is 0 Å². The van der Waals surface area contributed by atoms with Gasteiger partial charge in [-0.1, -0.05) is 56.0 Å². The van der Waals surface area contributed by atoms with Gasteiger partial charge in [0, 0.05) is 93.1 Å². The van der Waals surface area contributed by atoms with Gasteiger partial charge in [-0.05, 0) is 101 Å². The summed E-state index contributed by atoms with van der Waals surface area (Å²) in [5, 5.41) is 29.5. The smallest absolute Gasteiger partial charge is 0.476 e. The zero-order valence-electron chi connectivity index (χ0n) is 47.3. The number of alkyl carbamates (subject to hydrolysis) is 1. The molecular weight excluding hydrogens is 1090 g/mol. The molecule has 4 aliphatic rings. The number of anilines is 4. The molecule has 1 aliphatic carbocycles. The number of hydrogen-bond donors (Lipinski definition) is 5. The summed E-state index contributed by atoms with van der Waals surface area (Å²) >= 11 is 0. The minimum atomic E-state index is -1.37. The summed E-state index contributed by atoms with van der Waals surface area (Å²) < 4.78 is 32.7. The second-order valence-electron chi connectivity index (χ2n) is 20.8. The Morgan fingerprint density at radius 2 is 1.60 bits per heavy atom. The van der Waals surface area contributed by atoms with Crippen molar-refractivity contribution in [2.75, 3.05) is 92.7 Å². The summed E-state index contributed by atoms with van der Waals surface area (Å²) in [6.45, 7) is 14.6. The van der Waals surface area contributed by atoms with Gasteiger partial charge in [-0.2, -0.15) is 0 Å². The first-order valence-electron chi connectivity index (χ1n) is 28.3. The summed E-state index contributed by atoms with van der Waals surface area (Å²) in [4.78, 5) is 103. The molecule has 4 aromatic rings. The molecule has 0 spiro atoms. The van der Waals surface area contributed by atoms with E-state index in [1.807, 2.05) is 19.1 Å². The number of amides is 5. The predicted octanol–water partition coefficient (Wildman–Crippen LogP) is 7.15. The molecular formula is C59H73N11O14. The van der Waals surface area contributed by atoms with Crippen molar-refractivity contribution in [3.05, 3.63) is 104 Å². The number of fused-ring (bicyclic) bond motifs is 2. The van der Waals surface area contributed by atoms with Gasteiger partial charge in [-0.15, -0.1) is 10.2 Å². The number of nitrogens with zero attached hydrogens (tertiary/aromatic N) is 7. The Morgan fingerprint density at radius 1 is 0.845 bits per heavy atom. The molecule has 3 saturated heterocycles. The molecule has 2 aromatic carbocycles. The molecule has 5 heterocycles. The number of carbonyl (C=O) groups is 7. The van der Waals surface area contributed by atoms with Gasteiger partial charge in [0.1, 0.15) is 43.6 Å². The summed E-state index contributed by atoms with van der Waals surface area (Å²) in [6.07, 6.45) is 5.48. The van der Waals surface area contributed by atoms with Crippen LogP contribution in [0.25, 0.3) is 11.3 Å². The molecule has 2 aromatic heterocycles. The second-order valence-corrected chi connectivity index (χ2v) is 20.8. The van der Waals surface area contributed by atoms with Crippen LogP contribution in [-0.2, 0) is 39.9 Å². The number of ether oxygens (including phenoxy) is 6. The number of benzene rings is 2. The molecule has 4 atom stereocenters. The average Bonchev–Trinajstić information content (AvgIpc) is 3.04. The highest BCUT2D eigenvalue weighted by Crippen LogP contribution is 2.43. The van der Waals surface area contributed by atoms with Crippen molar-refractivity contribution in [2.24, 2.45) is 5.41 Å². The first kappa shape index (κ1) is 61.1. The lowest BCUT2D eigenvalue weighted by Gasteiger charge is -2.43. The van der Waals surface area contributed by atoms with Crippen molar-refractivity contribution < 1.29 is 67.1 Å². The minimum absolute atomic E-state index is 0.0409. The van der Waals surface area contributed by atoms with Gasteiger partial charge in [0.2, 0.25) is 17.7 Å². The van der Waals surface area contributed by atoms with Gasteiger partial charge in [-0.3, -0.25) is 24.6 Å². The zero-order valence-corrected chi connectivity index (χ0v) is 47.3. The van der Waals surface area contributed by atoms with Crippen LogP contribution in [0.1, 0.15) is 70.8 Å². The molecule has 4 fully saturated rings. The lowest BCUT2D eigenvalue weighted by Crippen LogP contribution is -2.56. The van der Waals surface area contributed by atoms with E-state index in [0.29, 0.717) is 112 Å². The average molecular weight is 1160 g/mol. The number of carbonyl (C=O) groups excluding carboxylic acids is 6. The van der Waals surface area contributed by atoms with Gasteiger partial charge in [0.15, 0.2) is 5.82 Å². The number of hydrogen-bond acceptors (Lipinski definition) is 19. The highest BCUT2D eigenvalue weighted by molar-refractivity contribution is 6.06. The first-order chi connectivity index (χ1) is 40.7. The maximum absolute atomic E-state index is 13.8. The second kappa shape index (κ2) is 29.3. The number of unbranched alkanes of at least 4 members (excludes halogenated alkanes) is 1. The molecule has 25 nitrogen and oxygen atoms in total. The van der Waals surface area contributed by atoms with Crippen LogP contribution in [0, 0.1) is 5.41 Å². The van der Waals surface area contributed by atoms with Gasteiger partial charge < -0.3 is 64.2 Å². The van der Waals surface area contributed by atoms with Gasteiger partial charge in [0.05, 0.1) is 18.0 Å². The molecule has 8 rings (SSSR count). The van der Waals surface area contributed by atoms with Crippen molar-refractivity contribution in [1.82, 2.24) is 35.6 Å². The molecule has 25 heteroatoms. The van der Waals surface area contributed by atoms with Crippen molar-refractivity contribution >= 4 is 65.1 Å².